The van der Waals surface area contributed by atoms with Crippen LogP contribution in [0.3, 0.4) is 0 Å². The van der Waals surface area contributed by atoms with Gasteiger partial charge in [0.1, 0.15) is 5.82 Å². The van der Waals surface area contributed by atoms with E-state index in [2.05, 4.69) is 16.8 Å². The molecule has 0 radical (unpaired) electrons. The highest BCUT2D eigenvalue weighted by Gasteiger charge is 2.20. The molecule has 1 unspecified atom stereocenters. The van der Waals surface area contributed by atoms with E-state index >= 15 is 0 Å². The van der Waals surface area contributed by atoms with Gasteiger partial charge in [0.25, 0.3) is 5.91 Å². The third kappa shape index (κ3) is 4.43. The summed E-state index contributed by atoms with van der Waals surface area (Å²) in [5, 5.41) is 8.93. The average Bonchev–Trinajstić information content (AvgIpc) is 2.55. The number of hydrogen-bond acceptors (Lipinski definition) is 4. The summed E-state index contributed by atoms with van der Waals surface area (Å²) in [5.41, 5.74) is 0.485. The van der Waals surface area contributed by atoms with E-state index in [9.17, 15) is 9.59 Å². The second-order valence-corrected chi connectivity index (χ2v) is 6.50. The summed E-state index contributed by atoms with van der Waals surface area (Å²) in [5.74, 6) is -0.0413. The van der Waals surface area contributed by atoms with Gasteiger partial charge in [-0.25, -0.2) is 4.98 Å². The molecule has 0 bridgehead atoms. The van der Waals surface area contributed by atoms with Crippen molar-refractivity contribution in [2.75, 3.05) is 31.6 Å². The molecule has 1 atom stereocenters. The van der Waals surface area contributed by atoms with Crippen molar-refractivity contribution in [3.05, 3.63) is 23.9 Å². The number of anilines is 1. The lowest BCUT2D eigenvalue weighted by Crippen LogP contribution is -2.34. The molecular weight excluding hydrogens is 294 g/mol. The van der Waals surface area contributed by atoms with E-state index in [0.29, 0.717) is 5.56 Å². The standard InChI is InChI=1S/C17H25N3O3/c1-12-6-8-20(9-7-12)15-5-4-14(10-18-15)16(21)19(3)11-13(2)17(22)23/h4-5,10,12-13H,6-9,11H2,1-3H3,(H,22,23). The van der Waals surface area contributed by atoms with Crippen LogP contribution in [0.2, 0.25) is 0 Å². The maximum atomic E-state index is 12.3. The van der Waals surface area contributed by atoms with Crippen LogP contribution in [0.1, 0.15) is 37.0 Å². The highest BCUT2D eigenvalue weighted by molar-refractivity contribution is 5.94. The Balaban J connectivity index is 1.98. The number of nitrogens with zero attached hydrogens (tertiary/aromatic N) is 3. The van der Waals surface area contributed by atoms with Gasteiger partial charge in [0.05, 0.1) is 11.5 Å². The molecule has 0 spiro atoms. The minimum atomic E-state index is -0.905. The Labute approximate surface area is 137 Å². The number of rotatable bonds is 5. The number of carboxylic acids is 1. The highest BCUT2D eigenvalue weighted by atomic mass is 16.4. The van der Waals surface area contributed by atoms with Crippen molar-refractivity contribution in [1.29, 1.82) is 0 Å². The lowest BCUT2D eigenvalue weighted by molar-refractivity contribution is -0.141. The Hall–Kier alpha value is -2.11. The maximum Gasteiger partial charge on any atom is 0.308 e. The number of aromatic nitrogens is 1. The molecule has 1 fully saturated rings. The molecule has 1 aliphatic heterocycles. The van der Waals surface area contributed by atoms with Crippen molar-refractivity contribution in [3.63, 3.8) is 0 Å². The molecule has 2 rings (SSSR count). The summed E-state index contributed by atoms with van der Waals surface area (Å²) in [4.78, 5) is 31.3. The minimum Gasteiger partial charge on any atom is -0.481 e. The first-order chi connectivity index (χ1) is 10.9. The van der Waals surface area contributed by atoms with Gasteiger partial charge in [0.2, 0.25) is 0 Å². The summed E-state index contributed by atoms with van der Waals surface area (Å²) < 4.78 is 0. The van der Waals surface area contributed by atoms with Crippen LogP contribution in [0.4, 0.5) is 5.82 Å². The van der Waals surface area contributed by atoms with E-state index in [4.69, 9.17) is 5.11 Å². The lowest BCUT2D eigenvalue weighted by atomic mass is 9.99. The molecule has 1 amide bonds. The molecule has 2 heterocycles. The first-order valence-corrected chi connectivity index (χ1v) is 8.07. The minimum absolute atomic E-state index is 0.180. The first kappa shape index (κ1) is 17.2. The third-order valence-electron chi connectivity index (χ3n) is 4.42. The number of aliphatic carboxylic acids is 1. The summed E-state index contributed by atoms with van der Waals surface area (Å²) in [6.45, 7) is 6.03. The van der Waals surface area contributed by atoms with E-state index in [0.717, 1.165) is 37.7 Å². The van der Waals surface area contributed by atoms with Gasteiger partial charge in [0.15, 0.2) is 0 Å². The largest absolute Gasteiger partial charge is 0.481 e. The molecule has 6 nitrogen and oxygen atoms in total. The summed E-state index contributed by atoms with van der Waals surface area (Å²) in [7, 11) is 1.61. The Morgan fingerprint density at radius 2 is 2.04 bits per heavy atom. The van der Waals surface area contributed by atoms with Gasteiger partial charge >= 0.3 is 5.97 Å². The molecular formula is C17H25N3O3. The number of carbonyl (C=O) groups is 2. The van der Waals surface area contributed by atoms with Crippen molar-refractivity contribution in [2.24, 2.45) is 11.8 Å². The molecule has 1 aliphatic rings. The van der Waals surface area contributed by atoms with Crippen molar-refractivity contribution in [1.82, 2.24) is 9.88 Å². The predicted octanol–water partition coefficient (Wildman–Crippen LogP) is 2.11. The van der Waals surface area contributed by atoms with Crippen molar-refractivity contribution >= 4 is 17.7 Å². The van der Waals surface area contributed by atoms with Crippen LogP contribution >= 0.6 is 0 Å². The predicted molar refractivity (Wildman–Crippen MR) is 88.6 cm³/mol. The summed E-state index contributed by atoms with van der Waals surface area (Å²) >= 11 is 0. The fourth-order valence-electron chi connectivity index (χ4n) is 2.73. The SMILES string of the molecule is CC1CCN(c2ccc(C(=O)N(C)CC(C)C(=O)O)cn2)CC1. The molecule has 23 heavy (non-hydrogen) atoms. The summed E-state index contributed by atoms with van der Waals surface area (Å²) in [6.07, 6.45) is 3.91. The van der Waals surface area contributed by atoms with Crippen LogP contribution in [0.5, 0.6) is 0 Å². The zero-order valence-electron chi connectivity index (χ0n) is 14.0. The van der Waals surface area contributed by atoms with Crippen LogP contribution < -0.4 is 4.90 Å². The molecule has 1 aromatic rings. The Morgan fingerprint density at radius 1 is 1.39 bits per heavy atom. The molecule has 1 aromatic heterocycles. The van der Waals surface area contributed by atoms with E-state index in [-0.39, 0.29) is 12.5 Å². The van der Waals surface area contributed by atoms with Gasteiger partial charge in [-0.3, -0.25) is 9.59 Å². The van der Waals surface area contributed by atoms with Gasteiger partial charge in [-0.05, 0) is 30.9 Å². The molecule has 6 heteroatoms. The van der Waals surface area contributed by atoms with Crippen LogP contribution in [0.25, 0.3) is 0 Å². The van der Waals surface area contributed by atoms with E-state index < -0.39 is 11.9 Å². The Bertz CT molecular complexity index is 551. The normalized spacial score (nSPS) is 16.9. The molecule has 1 N–H and O–H groups in total. The Kier molecular flexibility index (Phi) is 5.58. The van der Waals surface area contributed by atoms with Gasteiger partial charge in [-0.1, -0.05) is 13.8 Å². The third-order valence-corrected chi connectivity index (χ3v) is 4.42. The number of piperidine rings is 1. The maximum absolute atomic E-state index is 12.3. The van der Waals surface area contributed by atoms with Crippen LogP contribution in [-0.2, 0) is 4.79 Å². The molecule has 1 saturated heterocycles. The monoisotopic (exact) mass is 319 g/mol. The van der Waals surface area contributed by atoms with Gasteiger partial charge < -0.3 is 14.9 Å². The molecule has 0 aromatic carbocycles. The van der Waals surface area contributed by atoms with E-state index in [1.165, 1.54) is 4.90 Å². The first-order valence-electron chi connectivity index (χ1n) is 8.07. The van der Waals surface area contributed by atoms with E-state index in [1.807, 2.05) is 6.07 Å². The topological polar surface area (TPSA) is 73.7 Å². The number of amides is 1. The smallest absolute Gasteiger partial charge is 0.308 e. The second kappa shape index (κ2) is 7.44. The van der Waals surface area contributed by atoms with Crippen molar-refractivity contribution in [3.8, 4) is 0 Å². The van der Waals surface area contributed by atoms with E-state index in [1.54, 1.807) is 26.2 Å². The quantitative estimate of drug-likeness (QED) is 0.900. The molecule has 0 saturated carbocycles. The zero-order valence-corrected chi connectivity index (χ0v) is 14.0. The van der Waals surface area contributed by atoms with Crippen molar-refractivity contribution < 1.29 is 14.7 Å². The number of pyridine rings is 1. The number of carboxylic acid groups (broad SMARTS) is 1. The second-order valence-electron chi connectivity index (χ2n) is 6.50. The zero-order chi connectivity index (χ0) is 17.0. The van der Waals surface area contributed by atoms with Crippen LogP contribution in [0.15, 0.2) is 18.3 Å². The lowest BCUT2D eigenvalue weighted by Gasteiger charge is -2.31. The summed E-state index contributed by atoms with van der Waals surface area (Å²) in [6, 6.07) is 3.64. The number of carbonyl (C=O) groups excluding carboxylic acids is 1. The highest BCUT2D eigenvalue weighted by Crippen LogP contribution is 2.21. The Morgan fingerprint density at radius 3 is 2.57 bits per heavy atom. The number of hydrogen-bond donors (Lipinski definition) is 1. The molecule has 0 aliphatic carbocycles. The van der Waals surface area contributed by atoms with Gasteiger partial charge in [-0.2, -0.15) is 0 Å². The van der Waals surface area contributed by atoms with Crippen molar-refractivity contribution in [2.45, 2.75) is 26.7 Å². The molecule has 126 valence electrons. The fraction of sp³-hybridized carbons (Fsp3) is 0.588. The van der Waals surface area contributed by atoms with Crippen LogP contribution in [-0.4, -0.2) is 53.5 Å². The fourth-order valence-corrected chi connectivity index (χ4v) is 2.73. The van der Waals surface area contributed by atoms with Gasteiger partial charge in [0, 0.05) is 32.9 Å². The van der Waals surface area contributed by atoms with Crippen LogP contribution in [0, 0.1) is 11.8 Å². The average molecular weight is 319 g/mol. The van der Waals surface area contributed by atoms with Gasteiger partial charge in [-0.15, -0.1) is 0 Å².